The van der Waals surface area contributed by atoms with Crippen molar-refractivity contribution >= 4 is 28.1 Å². The molecule has 1 amide bonds. The van der Waals surface area contributed by atoms with Gasteiger partial charge in [0.2, 0.25) is 5.91 Å². The van der Waals surface area contributed by atoms with Gasteiger partial charge in [-0.2, -0.15) is 0 Å². The average Bonchev–Trinajstić information content (AvgIpc) is 3.31. The second-order valence-corrected chi connectivity index (χ2v) is 9.39. The van der Waals surface area contributed by atoms with Crippen LogP contribution >= 0.6 is 0 Å². The Morgan fingerprint density at radius 2 is 1.68 bits per heavy atom. The van der Waals surface area contributed by atoms with Gasteiger partial charge in [0, 0.05) is 33.8 Å². The maximum Gasteiger partial charge on any atom is 0.248 e. The summed E-state index contributed by atoms with van der Waals surface area (Å²) in [5.41, 5.74) is 7.37. The number of furan rings is 1. The monoisotopic (exact) mass is 497 g/mol. The van der Waals surface area contributed by atoms with Gasteiger partial charge >= 0.3 is 0 Å². The summed E-state index contributed by atoms with van der Waals surface area (Å²) in [6.07, 6.45) is 3.40. The first-order valence-electron chi connectivity index (χ1n) is 12.8. The largest absolute Gasteiger partial charge is 0.494 e. The van der Waals surface area contributed by atoms with Gasteiger partial charge in [0.05, 0.1) is 19.5 Å². The molecule has 0 fully saturated rings. The predicted molar refractivity (Wildman–Crippen MR) is 152 cm³/mol. The molecular weight excluding hydrogens is 462 g/mol. The van der Waals surface area contributed by atoms with E-state index in [0.717, 1.165) is 56.0 Å². The molecule has 0 aliphatic rings. The van der Waals surface area contributed by atoms with E-state index < -0.39 is 0 Å². The van der Waals surface area contributed by atoms with Crippen molar-refractivity contribution < 1.29 is 18.7 Å². The van der Waals surface area contributed by atoms with Crippen LogP contribution in [0.5, 0.6) is 11.5 Å². The zero-order valence-electron chi connectivity index (χ0n) is 22.5. The molecule has 1 aromatic heterocycles. The number of carbonyl (C=O) groups excluding carboxylic acids is 1. The molecule has 0 saturated carbocycles. The predicted octanol–water partition coefficient (Wildman–Crippen LogP) is 8.37. The molecule has 0 aliphatic carbocycles. The number of allylic oxidation sites excluding steroid dienone is 1. The van der Waals surface area contributed by atoms with Gasteiger partial charge in [-0.25, -0.2) is 0 Å². The fourth-order valence-electron chi connectivity index (χ4n) is 4.46. The normalized spacial score (nSPS) is 11.7. The van der Waals surface area contributed by atoms with Gasteiger partial charge < -0.3 is 19.2 Å². The topological polar surface area (TPSA) is 60.7 Å². The van der Waals surface area contributed by atoms with Crippen LogP contribution in [0.25, 0.3) is 27.7 Å². The van der Waals surface area contributed by atoms with Crippen LogP contribution in [0.3, 0.4) is 0 Å². The zero-order valence-corrected chi connectivity index (χ0v) is 22.5. The van der Waals surface area contributed by atoms with Crippen molar-refractivity contribution in [1.82, 2.24) is 0 Å². The number of aryl methyl sites for hydroxylation is 1. The van der Waals surface area contributed by atoms with Gasteiger partial charge in [-0.1, -0.05) is 38.1 Å². The lowest BCUT2D eigenvalue weighted by Crippen LogP contribution is -2.09. The number of anilines is 1. The van der Waals surface area contributed by atoms with Crippen LogP contribution in [0.1, 0.15) is 57.2 Å². The Kier molecular flexibility index (Phi) is 8.02. The molecule has 0 saturated heterocycles. The van der Waals surface area contributed by atoms with Crippen LogP contribution < -0.4 is 14.8 Å². The molecule has 192 valence electrons. The lowest BCUT2D eigenvalue weighted by molar-refractivity contribution is -0.111. The molecule has 0 radical (unpaired) electrons. The second kappa shape index (κ2) is 11.4. The van der Waals surface area contributed by atoms with Crippen molar-refractivity contribution in [2.45, 2.75) is 47.5 Å². The third kappa shape index (κ3) is 5.72. The van der Waals surface area contributed by atoms with Crippen LogP contribution in [0.15, 0.2) is 71.4 Å². The van der Waals surface area contributed by atoms with E-state index >= 15 is 0 Å². The average molecular weight is 498 g/mol. The van der Waals surface area contributed by atoms with Crippen molar-refractivity contribution in [3.63, 3.8) is 0 Å². The van der Waals surface area contributed by atoms with Crippen LogP contribution in [-0.4, -0.2) is 19.1 Å². The molecule has 0 spiro atoms. The van der Waals surface area contributed by atoms with Crippen molar-refractivity contribution in [3.05, 3.63) is 83.6 Å². The molecule has 5 nitrogen and oxygen atoms in total. The fraction of sp³-hybridized carbons (Fsp3) is 0.281. The molecular formula is C32H35NO4. The van der Waals surface area contributed by atoms with Crippen LogP contribution in [0, 0.1) is 6.92 Å². The molecule has 4 rings (SSSR count). The summed E-state index contributed by atoms with van der Waals surface area (Å²) in [7, 11) is 0. The first-order chi connectivity index (χ1) is 17.8. The summed E-state index contributed by atoms with van der Waals surface area (Å²) < 4.78 is 17.6. The summed E-state index contributed by atoms with van der Waals surface area (Å²) in [6.45, 7) is 13.3. The van der Waals surface area contributed by atoms with E-state index in [9.17, 15) is 4.79 Å². The van der Waals surface area contributed by atoms with E-state index in [1.165, 1.54) is 5.56 Å². The van der Waals surface area contributed by atoms with Gasteiger partial charge in [-0.3, -0.25) is 4.79 Å². The van der Waals surface area contributed by atoms with Crippen molar-refractivity contribution in [2.75, 3.05) is 18.5 Å². The number of hydrogen-bond donors (Lipinski definition) is 1. The number of rotatable bonds is 9. The molecule has 37 heavy (non-hydrogen) atoms. The molecule has 0 aliphatic heterocycles. The number of fused-ring (bicyclic) bond motifs is 1. The fourth-order valence-corrected chi connectivity index (χ4v) is 4.46. The minimum Gasteiger partial charge on any atom is -0.494 e. The van der Waals surface area contributed by atoms with Gasteiger partial charge in [0.1, 0.15) is 17.1 Å². The Hall–Kier alpha value is -3.99. The van der Waals surface area contributed by atoms with E-state index in [1.807, 2.05) is 76.2 Å². The Morgan fingerprint density at radius 1 is 1.00 bits per heavy atom. The third-order valence-electron chi connectivity index (χ3n) is 6.43. The van der Waals surface area contributed by atoms with E-state index in [0.29, 0.717) is 19.1 Å². The summed E-state index contributed by atoms with van der Waals surface area (Å²) in [5.74, 6) is 1.81. The Labute approximate surface area is 219 Å². The molecule has 1 heterocycles. The maximum atomic E-state index is 12.9. The number of hydrogen-bond acceptors (Lipinski definition) is 4. The quantitative estimate of drug-likeness (QED) is 0.236. The van der Waals surface area contributed by atoms with Crippen molar-refractivity contribution in [1.29, 1.82) is 0 Å². The molecule has 1 N–H and O–H groups in total. The van der Waals surface area contributed by atoms with Crippen molar-refractivity contribution in [2.24, 2.45) is 0 Å². The van der Waals surface area contributed by atoms with Gasteiger partial charge in [-0.05, 0) is 80.6 Å². The minimum absolute atomic E-state index is 0.186. The van der Waals surface area contributed by atoms with Gasteiger partial charge in [-0.15, -0.1) is 0 Å². The number of amides is 1. The zero-order chi connectivity index (χ0) is 26.5. The summed E-state index contributed by atoms with van der Waals surface area (Å²) in [6, 6.07) is 18.0. The maximum absolute atomic E-state index is 12.9. The van der Waals surface area contributed by atoms with E-state index in [-0.39, 0.29) is 5.91 Å². The first-order valence-corrected chi connectivity index (χ1v) is 12.8. The summed E-state index contributed by atoms with van der Waals surface area (Å²) >= 11 is 0. The Morgan fingerprint density at radius 3 is 2.30 bits per heavy atom. The minimum atomic E-state index is -0.186. The van der Waals surface area contributed by atoms with Crippen LogP contribution in [-0.2, 0) is 4.79 Å². The first kappa shape index (κ1) is 26.1. The van der Waals surface area contributed by atoms with Gasteiger partial charge in [0.15, 0.2) is 0 Å². The molecule has 4 aromatic rings. The van der Waals surface area contributed by atoms with Crippen LogP contribution in [0.2, 0.25) is 0 Å². The Bertz CT molecular complexity index is 1410. The molecule has 3 aromatic carbocycles. The number of benzene rings is 3. The third-order valence-corrected chi connectivity index (χ3v) is 6.43. The highest BCUT2D eigenvalue weighted by Crippen LogP contribution is 2.41. The molecule has 0 bridgehead atoms. The second-order valence-electron chi connectivity index (χ2n) is 9.39. The molecule has 0 atom stereocenters. The van der Waals surface area contributed by atoms with E-state index in [1.54, 1.807) is 12.3 Å². The lowest BCUT2D eigenvalue weighted by Gasteiger charge is -2.15. The Balaban J connectivity index is 1.70. The van der Waals surface area contributed by atoms with E-state index in [2.05, 4.69) is 25.2 Å². The molecule has 0 unspecified atom stereocenters. The highest BCUT2D eigenvalue weighted by atomic mass is 16.5. The highest BCUT2D eigenvalue weighted by molar-refractivity contribution is 6.06. The van der Waals surface area contributed by atoms with Gasteiger partial charge in [0.25, 0.3) is 0 Å². The highest BCUT2D eigenvalue weighted by Gasteiger charge is 2.19. The molecule has 5 heteroatoms. The number of ether oxygens (including phenoxy) is 2. The standard InChI is InChI=1S/C32H35NO4/c1-7-35-26-15-11-24(12-16-26)29-19-37-32-22(6)31(36-8-2)27(18-28(29)32)21(5)17-30(34)33-25-13-9-23(10-14-25)20(3)4/h9-20H,7-8H2,1-6H3,(H,33,34)/b21-17+. The lowest BCUT2D eigenvalue weighted by atomic mass is 9.96. The number of carbonyl (C=O) groups is 1. The summed E-state index contributed by atoms with van der Waals surface area (Å²) in [4.78, 5) is 12.9. The van der Waals surface area contributed by atoms with E-state index in [4.69, 9.17) is 13.9 Å². The number of nitrogens with one attached hydrogen (secondary N) is 1. The van der Waals surface area contributed by atoms with Crippen LogP contribution in [0.4, 0.5) is 5.69 Å². The smallest absolute Gasteiger partial charge is 0.248 e. The summed E-state index contributed by atoms with van der Waals surface area (Å²) in [5, 5.41) is 3.94. The SMILES string of the molecule is CCOc1ccc(-c2coc3c(C)c(OCC)c(/C(C)=C/C(=O)Nc4ccc(C(C)C)cc4)cc23)cc1. The van der Waals surface area contributed by atoms with Crippen molar-refractivity contribution in [3.8, 4) is 22.6 Å².